The minimum Gasteiger partial charge on any atom is -0.494 e. The van der Waals surface area contributed by atoms with Crippen LogP contribution in [0, 0.1) is 5.82 Å². The molecule has 0 saturated carbocycles. The largest absolute Gasteiger partial charge is 0.494 e. The number of ether oxygens (including phenoxy) is 1. The maximum absolute atomic E-state index is 13.4. The van der Waals surface area contributed by atoms with Gasteiger partial charge in [-0.2, -0.15) is 0 Å². The normalized spacial score (nSPS) is 10.1. The van der Waals surface area contributed by atoms with Crippen molar-refractivity contribution in [1.82, 2.24) is 4.98 Å². The number of hydrogen-bond acceptors (Lipinski definition) is 2. The van der Waals surface area contributed by atoms with Crippen molar-refractivity contribution in [2.75, 3.05) is 7.11 Å². The Balaban J connectivity index is 2.20. The summed E-state index contributed by atoms with van der Waals surface area (Å²) in [6.45, 7) is 0. The van der Waals surface area contributed by atoms with Crippen molar-refractivity contribution in [1.29, 1.82) is 0 Å². The number of nitrogens with zero attached hydrogens (tertiary/aromatic N) is 1. The number of pyridine rings is 1. The highest BCUT2D eigenvalue weighted by molar-refractivity contribution is 5.32. The second-order valence-corrected chi connectivity index (χ2v) is 3.50. The molecule has 2 nitrogen and oxygen atoms in total. The molecule has 16 heavy (non-hydrogen) atoms. The molecule has 0 amide bonds. The number of aromatic nitrogens is 1. The molecule has 0 radical (unpaired) electrons. The van der Waals surface area contributed by atoms with E-state index in [9.17, 15) is 4.39 Å². The van der Waals surface area contributed by atoms with Crippen LogP contribution in [0.3, 0.4) is 0 Å². The Hall–Kier alpha value is -1.90. The minimum atomic E-state index is -0.325. The van der Waals surface area contributed by atoms with Crippen LogP contribution in [0.1, 0.15) is 11.1 Å². The van der Waals surface area contributed by atoms with Crippen LogP contribution in [0.25, 0.3) is 0 Å². The van der Waals surface area contributed by atoms with E-state index in [0.717, 1.165) is 11.1 Å². The zero-order chi connectivity index (χ0) is 11.4. The summed E-state index contributed by atoms with van der Waals surface area (Å²) in [5.74, 6) is -0.0486. The molecular weight excluding hydrogens is 205 g/mol. The highest BCUT2D eigenvalue weighted by atomic mass is 19.1. The van der Waals surface area contributed by atoms with Crippen molar-refractivity contribution in [2.24, 2.45) is 0 Å². The lowest BCUT2D eigenvalue weighted by molar-refractivity contribution is 0.386. The maximum Gasteiger partial charge on any atom is 0.165 e. The van der Waals surface area contributed by atoms with Crippen molar-refractivity contribution in [3.8, 4) is 5.75 Å². The predicted octanol–water partition coefficient (Wildman–Crippen LogP) is 2.82. The second kappa shape index (κ2) is 4.75. The summed E-state index contributed by atoms with van der Waals surface area (Å²) in [6, 6.07) is 8.84. The summed E-state index contributed by atoms with van der Waals surface area (Å²) in [5, 5.41) is 0. The highest BCUT2D eigenvalue weighted by Crippen LogP contribution is 2.19. The molecule has 1 aromatic carbocycles. The van der Waals surface area contributed by atoms with Crippen LogP contribution in [0.4, 0.5) is 4.39 Å². The lowest BCUT2D eigenvalue weighted by Gasteiger charge is -2.05. The van der Waals surface area contributed by atoms with Gasteiger partial charge >= 0.3 is 0 Å². The van der Waals surface area contributed by atoms with Gasteiger partial charge in [-0.3, -0.25) is 4.98 Å². The third-order valence-corrected chi connectivity index (χ3v) is 2.37. The quantitative estimate of drug-likeness (QED) is 0.788. The van der Waals surface area contributed by atoms with Crippen molar-refractivity contribution < 1.29 is 9.13 Å². The lowest BCUT2D eigenvalue weighted by atomic mass is 10.1. The van der Waals surface area contributed by atoms with Crippen LogP contribution in [0.5, 0.6) is 5.75 Å². The average molecular weight is 217 g/mol. The molecule has 82 valence electrons. The van der Waals surface area contributed by atoms with E-state index in [4.69, 9.17) is 4.74 Å². The van der Waals surface area contributed by atoms with Gasteiger partial charge in [-0.05, 0) is 41.8 Å². The number of rotatable bonds is 3. The first kappa shape index (κ1) is 10.6. The van der Waals surface area contributed by atoms with E-state index in [1.165, 1.54) is 13.2 Å². The zero-order valence-electron chi connectivity index (χ0n) is 8.98. The summed E-state index contributed by atoms with van der Waals surface area (Å²) in [6.07, 6.45) is 4.16. The van der Waals surface area contributed by atoms with Crippen LogP contribution in [0.2, 0.25) is 0 Å². The van der Waals surface area contributed by atoms with Crippen LogP contribution in [-0.4, -0.2) is 12.1 Å². The molecule has 0 unspecified atom stereocenters. The van der Waals surface area contributed by atoms with E-state index < -0.39 is 0 Å². The van der Waals surface area contributed by atoms with Gasteiger partial charge in [-0.1, -0.05) is 6.07 Å². The molecule has 0 bridgehead atoms. The summed E-state index contributed by atoms with van der Waals surface area (Å²) < 4.78 is 18.3. The number of methoxy groups -OCH3 is 1. The SMILES string of the molecule is COc1ccc(Cc2ccncc2)cc1F. The van der Waals surface area contributed by atoms with Gasteiger partial charge in [0.25, 0.3) is 0 Å². The van der Waals surface area contributed by atoms with E-state index in [2.05, 4.69) is 4.98 Å². The molecular formula is C13H12FNO. The maximum atomic E-state index is 13.4. The van der Waals surface area contributed by atoms with Gasteiger partial charge < -0.3 is 4.74 Å². The zero-order valence-corrected chi connectivity index (χ0v) is 8.98. The Morgan fingerprint density at radius 3 is 2.50 bits per heavy atom. The van der Waals surface area contributed by atoms with E-state index in [0.29, 0.717) is 6.42 Å². The van der Waals surface area contributed by atoms with Crippen molar-refractivity contribution >= 4 is 0 Å². The summed E-state index contributed by atoms with van der Waals surface area (Å²) >= 11 is 0. The topological polar surface area (TPSA) is 22.1 Å². The fourth-order valence-electron chi connectivity index (χ4n) is 1.56. The van der Waals surface area contributed by atoms with Gasteiger partial charge in [0.05, 0.1) is 7.11 Å². The fourth-order valence-corrected chi connectivity index (χ4v) is 1.56. The third-order valence-electron chi connectivity index (χ3n) is 2.37. The molecule has 0 spiro atoms. The third kappa shape index (κ3) is 2.37. The molecule has 0 fully saturated rings. The van der Waals surface area contributed by atoms with Gasteiger partial charge in [0.1, 0.15) is 0 Å². The standard InChI is InChI=1S/C13H12FNO/c1-16-13-3-2-11(9-12(13)14)8-10-4-6-15-7-5-10/h2-7,9H,8H2,1H3. The van der Waals surface area contributed by atoms with Crippen molar-refractivity contribution in [2.45, 2.75) is 6.42 Å². The smallest absolute Gasteiger partial charge is 0.165 e. The van der Waals surface area contributed by atoms with E-state index in [1.807, 2.05) is 18.2 Å². The van der Waals surface area contributed by atoms with Crippen LogP contribution in [0.15, 0.2) is 42.7 Å². The first-order valence-electron chi connectivity index (χ1n) is 5.01. The Morgan fingerprint density at radius 1 is 1.12 bits per heavy atom. The number of benzene rings is 1. The second-order valence-electron chi connectivity index (χ2n) is 3.50. The Kier molecular flexibility index (Phi) is 3.15. The average Bonchev–Trinajstić information content (AvgIpc) is 2.31. The van der Waals surface area contributed by atoms with E-state index in [-0.39, 0.29) is 11.6 Å². The van der Waals surface area contributed by atoms with Gasteiger partial charge in [0.15, 0.2) is 11.6 Å². The van der Waals surface area contributed by atoms with Gasteiger partial charge in [-0.15, -0.1) is 0 Å². The fraction of sp³-hybridized carbons (Fsp3) is 0.154. The Morgan fingerprint density at radius 2 is 1.88 bits per heavy atom. The van der Waals surface area contributed by atoms with Crippen LogP contribution >= 0.6 is 0 Å². The molecule has 0 aliphatic heterocycles. The molecule has 0 saturated heterocycles. The molecule has 2 rings (SSSR count). The minimum absolute atomic E-state index is 0.276. The molecule has 0 atom stereocenters. The monoisotopic (exact) mass is 217 g/mol. The predicted molar refractivity (Wildman–Crippen MR) is 60.0 cm³/mol. The molecule has 2 aromatic rings. The van der Waals surface area contributed by atoms with Crippen molar-refractivity contribution in [3.63, 3.8) is 0 Å². The van der Waals surface area contributed by atoms with E-state index in [1.54, 1.807) is 18.5 Å². The molecule has 0 aliphatic rings. The molecule has 0 aliphatic carbocycles. The highest BCUT2D eigenvalue weighted by Gasteiger charge is 2.03. The number of hydrogen-bond donors (Lipinski definition) is 0. The van der Waals surface area contributed by atoms with Crippen LogP contribution < -0.4 is 4.74 Å². The summed E-state index contributed by atoms with van der Waals surface area (Å²) in [7, 11) is 1.46. The molecule has 0 N–H and O–H groups in total. The first-order valence-corrected chi connectivity index (χ1v) is 5.01. The van der Waals surface area contributed by atoms with Gasteiger partial charge in [0.2, 0.25) is 0 Å². The summed E-state index contributed by atoms with van der Waals surface area (Å²) in [5.41, 5.74) is 2.03. The molecule has 1 heterocycles. The van der Waals surface area contributed by atoms with E-state index >= 15 is 0 Å². The van der Waals surface area contributed by atoms with Crippen LogP contribution in [-0.2, 0) is 6.42 Å². The van der Waals surface area contributed by atoms with Crippen molar-refractivity contribution in [3.05, 3.63) is 59.7 Å². The Labute approximate surface area is 93.7 Å². The lowest BCUT2D eigenvalue weighted by Crippen LogP contribution is -1.92. The van der Waals surface area contributed by atoms with Gasteiger partial charge in [0, 0.05) is 12.4 Å². The number of halogens is 1. The molecule has 3 heteroatoms. The Bertz CT molecular complexity index is 471. The summed E-state index contributed by atoms with van der Waals surface area (Å²) in [4.78, 5) is 3.94. The first-order chi connectivity index (χ1) is 7.79. The van der Waals surface area contributed by atoms with Gasteiger partial charge in [-0.25, -0.2) is 4.39 Å². The molecule has 1 aromatic heterocycles.